The van der Waals surface area contributed by atoms with E-state index in [2.05, 4.69) is 38.2 Å². The molecule has 13 heteroatoms. The first-order valence-electron chi connectivity index (χ1n) is 24.9. The number of unbranched alkanes of at least 4 members (excludes halogenated alkanes) is 26. The fourth-order valence-corrected chi connectivity index (χ4v) is 8.29. The number of hydrogen-bond donors (Lipinski definition) is 4. The molecule has 1 heterocycles. The topological polar surface area (TPSA) is 186 Å². The van der Waals surface area contributed by atoms with Gasteiger partial charge in [0.25, 0.3) is 10.1 Å². The number of aliphatic hydroxyl groups is 3. The van der Waals surface area contributed by atoms with E-state index in [9.17, 15) is 37.9 Å². The van der Waals surface area contributed by atoms with E-state index in [1.807, 2.05) is 0 Å². The fraction of sp³-hybridized carbons (Fsp3) is 0.878. The predicted molar refractivity (Wildman–Crippen MR) is 247 cm³/mol. The fourth-order valence-electron chi connectivity index (χ4n) is 7.59. The van der Waals surface area contributed by atoms with Crippen LogP contribution in [0.15, 0.2) is 24.3 Å². The van der Waals surface area contributed by atoms with Crippen LogP contribution in [0, 0.1) is 0 Å². The maximum absolute atomic E-state index is 12.9. The predicted octanol–water partition coefficient (Wildman–Crippen LogP) is 10.8. The zero-order valence-corrected chi connectivity index (χ0v) is 39.8. The Hall–Kier alpha value is -1.87. The van der Waals surface area contributed by atoms with Gasteiger partial charge in [0.05, 0.1) is 6.61 Å². The Bertz CT molecular complexity index is 1240. The zero-order chi connectivity index (χ0) is 45.5. The van der Waals surface area contributed by atoms with Crippen LogP contribution >= 0.6 is 0 Å². The van der Waals surface area contributed by atoms with Crippen LogP contribution in [0.5, 0.6) is 0 Å². The summed E-state index contributed by atoms with van der Waals surface area (Å²) in [6.07, 6.45) is 35.0. The highest BCUT2D eigenvalue weighted by molar-refractivity contribution is 7.85. The summed E-state index contributed by atoms with van der Waals surface area (Å²) in [5.74, 6) is -1.98. The maximum atomic E-state index is 12.9. The van der Waals surface area contributed by atoms with Crippen LogP contribution in [-0.4, -0.2) is 96.0 Å². The van der Waals surface area contributed by atoms with Crippen LogP contribution in [0.3, 0.4) is 0 Å². The maximum Gasteiger partial charge on any atom is 0.306 e. The van der Waals surface area contributed by atoms with E-state index >= 15 is 0 Å². The molecule has 6 atom stereocenters. The van der Waals surface area contributed by atoms with Crippen molar-refractivity contribution in [1.82, 2.24) is 0 Å². The Morgan fingerprint density at radius 1 is 0.532 bits per heavy atom. The summed E-state index contributed by atoms with van der Waals surface area (Å²) < 4.78 is 54.2. The van der Waals surface area contributed by atoms with Gasteiger partial charge in [-0.25, -0.2) is 0 Å². The smallest absolute Gasteiger partial charge is 0.306 e. The highest BCUT2D eigenvalue weighted by atomic mass is 32.2. The summed E-state index contributed by atoms with van der Waals surface area (Å²) in [5, 5.41) is 30.9. The second-order valence-electron chi connectivity index (χ2n) is 17.5. The van der Waals surface area contributed by atoms with Gasteiger partial charge >= 0.3 is 11.9 Å². The third kappa shape index (κ3) is 33.6. The molecule has 0 amide bonds. The molecule has 0 aromatic rings. The normalized spacial score (nSPS) is 20.0. The summed E-state index contributed by atoms with van der Waals surface area (Å²) in [7, 11) is -4.60. The van der Waals surface area contributed by atoms with Gasteiger partial charge in [0.1, 0.15) is 36.8 Å². The molecule has 2 unspecified atom stereocenters. The molecule has 0 spiro atoms. The Balaban J connectivity index is 2.39. The Morgan fingerprint density at radius 2 is 0.935 bits per heavy atom. The number of rotatable bonds is 42. The number of hydrogen-bond acceptors (Lipinski definition) is 11. The van der Waals surface area contributed by atoms with Gasteiger partial charge in [-0.1, -0.05) is 173 Å². The van der Waals surface area contributed by atoms with Crippen molar-refractivity contribution in [1.29, 1.82) is 0 Å². The molecular formula is C49H90O12S. The molecule has 0 aliphatic carbocycles. The molecule has 1 fully saturated rings. The minimum absolute atomic E-state index is 0.164. The molecule has 0 saturated carbocycles. The quantitative estimate of drug-likeness (QED) is 0.0197. The average Bonchev–Trinajstić information content (AvgIpc) is 3.24. The van der Waals surface area contributed by atoms with E-state index in [4.69, 9.17) is 18.9 Å². The highest BCUT2D eigenvalue weighted by Crippen LogP contribution is 2.24. The molecule has 1 aliphatic rings. The van der Waals surface area contributed by atoms with Gasteiger partial charge in [0.2, 0.25) is 0 Å². The largest absolute Gasteiger partial charge is 0.462 e. The minimum atomic E-state index is -4.60. The first-order chi connectivity index (χ1) is 30.0. The van der Waals surface area contributed by atoms with Gasteiger partial charge in [-0.15, -0.1) is 0 Å². The molecular weight excluding hydrogens is 813 g/mol. The van der Waals surface area contributed by atoms with E-state index in [-0.39, 0.29) is 19.4 Å². The lowest BCUT2D eigenvalue weighted by molar-refractivity contribution is -0.297. The van der Waals surface area contributed by atoms with E-state index in [1.54, 1.807) is 0 Å². The number of carbonyl (C=O) groups is 2. The van der Waals surface area contributed by atoms with Crippen molar-refractivity contribution in [2.24, 2.45) is 0 Å². The lowest BCUT2D eigenvalue weighted by Gasteiger charge is -2.40. The van der Waals surface area contributed by atoms with Gasteiger partial charge < -0.3 is 34.3 Å². The monoisotopic (exact) mass is 903 g/mol. The van der Waals surface area contributed by atoms with Crippen LogP contribution in [0.25, 0.3) is 0 Å². The van der Waals surface area contributed by atoms with Crippen molar-refractivity contribution < 1.29 is 56.8 Å². The molecule has 1 rings (SSSR count). The molecule has 0 radical (unpaired) electrons. The van der Waals surface area contributed by atoms with Gasteiger partial charge in [-0.05, 0) is 57.8 Å². The molecule has 0 aromatic heterocycles. The molecule has 0 bridgehead atoms. The lowest BCUT2D eigenvalue weighted by atomic mass is 10.00. The van der Waals surface area contributed by atoms with Crippen molar-refractivity contribution in [2.75, 3.05) is 19.0 Å². The molecule has 62 heavy (non-hydrogen) atoms. The van der Waals surface area contributed by atoms with Crippen LogP contribution in [-0.2, 0) is 38.7 Å². The highest BCUT2D eigenvalue weighted by Gasteiger charge is 2.46. The molecule has 364 valence electrons. The summed E-state index contributed by atoms with van der Waals surface area (Å²) in [6, 6.07) is 0. The third-order valence-corrected chi connectivity index (χ3v) is 12.3. The molecule has 1 saturated heterocycles. The number of carbonyl (C=O) groups excluding carboxylic acids is 2. The van der Waals surface area contributed by atoms with Gasteiger partial charge in [0.15, 0.2) is 12.4 Å². The van der Waals surface area contributed by atoms with E-state index in [1.165, 1.54) is 141 Å². The van der Waals surface area contributed by atoms with E-state index in [0.29, 0.717) is 12.8 Å². The van der Waals surface area contributed by atoms with E-state index in [0.717, 1.165) is 38.5 Å². The summed E-state index contributed by atoms with van der Waals surface area (Å²) >= 11 is 0. The first kappa shape index (κ1) is 58.1. The molecule has 1 aliphatic heterocycles. The van der Waals surface area contributed by atoms with Gasteiger partial charge in [-0.2, -0.15) is 8.42 Å². The Kier molecular flexibility index (Phi) is 37.0. The van der Waals surface area contributed by atoms with Crippen LogP contribution < -0.4 is 0 Å². The standard InChI is InChI=1S/C49H90O12S/c1-3-5-7-9-11-13-15-17-19-20-21-22-24-26-28-30-32-34-36-38-45(51)60-42(40-59-49-48(54)47(53)46(52)43(61-49)41-62(55,56)57)39-58-44(50)37-35-33-31-29-27-25-23-18-16-14-12-10-8-6-4-2/h10,12,17,19,42-43,46-49,52-54H,3-9,11,13-16,18,20-41H2,1-2H3,(H,55,56,57)/b12-10+,19-17+/t42-,43-,46-,47?,48?,49+/m1/s1. The average molecular weight is 903 g/mol. The Morgan fingerprint density at radius 3 is 1.39 bits per heavy atom. The Labute approximate surface area is 377 Å². The third-order valence-electron chi connectivity index (χ3n) is 11.5. The number of allylic oxidation sites excluding steroid dienone is 4. The van der Waals surface area contributed by atoms with Crippen molar-refractivity contribution in [3.63, 3.8) is 0 Å². The second-order valence-corrected chi connectivity index (χ2v) is 19.0. The SMILES string of the molecule is CCCC/C=C/CCCCCCCCCCCC(=O)OC[C@H](CO[C@H]1O[C@H](CS(=O)(=O)O)[C@@H](O)C(O)C1O)OC(=O)CCCCCCCCCCC/C=C/CCCCCCCC. The van der Waals surface area contributed by atoms with Crippen molar-refractivity contribution >= 4 is 22.1 Å². The van der Waals surface area contributed by atoms with Gasteiger partial charge in [-0.3, -0.25) is 14.1 Å². The number of esters is 2. The molecule has 4 N–H and O–H groups in total. The minimum Gasteiger partial charge on any atom is -0.462 e. The summed E-state index contributed by atoms with van der Waals surface area (Å²) in [5.41, 5.74) is 0. The second kappa shape index (κ2) is 39.5. The number of aliphatic hydroxyl groups excluding tert-OH is 3. The number of ether oxygens (including phenoxy) is 4. The van der Waals surface area contributed by atoms with Crippen molar-refractivity contribution in [3.05, 3.63) is 24.3 Å². The zero-order valence-electron chi connectivity index (χ0n) is 39.0. The van der Waals surface area contributed by atoms with Crippen LogP contribution in [0.2, 0.25) is 0 Å². The molecule has 12 nitrogen and oxygen atoms in total. The van der Waals surface area contributed by atoms with Crippen LogP contribution in [0.4, 0.5) is 0 Å². The lowest BCUT2D eigenvalue weighted by Crippen LogP contribution is -2.60. The van der Waals surface area contributed by atoms with Crippen molar-refractivity contribution in [3.8, 4) is 0 Å². The van der Waals surface area contributed by atoms with Crippen molar-refractivity contribution in [2.45, 2.75) is 256 Å². The van der Waals surface area contributed by atoms with E-state index < -0.39 is 71.2 Å². The first-order valence-corrected chi connectivity index (χ1v) is 26.5. The summed E-state index contributed by atoms with van der Waals surface area (Å²) in [6.45, 7) is 3.75. The van der Waals surface area contributed by atoms with Gasteiger partial charge in [0, 0.05) is 12.8 Å². The summed E-state index contributed by atoms with van der Waals surface area (Å²) in [4.78, 5) is 25.5. The van der Waals surface area contributed by atoms with Crippen LogP contribution in [0.1, 0.15) is 219 Å². The molecule has 0 aromatic carbocycles.